The van der Waals surface area contributed by atoms with Crippen LogP contribution < -0.4 is 4.90 Å². The van der Waals surface area contributed by atoms with Gasteiger partial charge in [0.25, 0.3) is 0 Å². The zero-order chi connectivity index (χ0) is 18.6. The molecule has 1 unspecified atom stereocenters. The summed E-state index contributed by atoms with van der Waals surface area (Å²) in [6.45, 7) is 1.96. The van der Waals surface area contributed by atoms with Gasteiger partial charge in [-0.1, -0.05) is 43.9 Å². The Morgan fingerprint density at radius 2 is 1.96 bits per heavy atom. The summed E-state index contributed by atoms with van der Waals surface area (Å²) in [5.41, 5.74) is 0. The Morgan fingerprint density at radius 3 is 2.67 bits per heavy atom. The molecule has 9 heteroatoms. The lowest BCUT2D eigenvalue weighted by molar-refractivity contribution is -0.118. The number of thiazole rings is 1. The SMILES string of the molecule is CC(Sc1nnnn1C1CCCC1)C(=O)N(c1nccs1)C1CCCCC1. The molecule has 2 aromatic heterocycles. The zero-order valence-corrected chi connectivity index (χ0v) is 17.3. The number of anilines is 1. The second kappa shape index (κ2) is 8.68. The number of thioether (sulfide) groups is 1. The monoisotopic (exact) mass is 406 g/mol. The lowest BCUT2D eigenvalue weighted by atomic mass is 9.94. The fourth-order valence-electron chi connectivity index (χ4n) is 4.15. The molecule has 0 spiro atoms. The summed E-state index contributed by atoms with van der Waals surface area (Å²) < 4.78 is 1.93. The molecule has 0 N–H and O–H groups in total. The van der Waals surface area contributed by atoms with Gasteiger partial charge in [-0.3, -0.25) is 9.69 Å². The van der Waals surface area contributed by atoms with E-state index >= 15 is 0 Å². The van der Waals surface area contributed by atoms with Gasteiger partial charge >= 0.3 is 0 Å². The number of tetrazole rings is 1. The molecule has 27 heavy (non-hydrogen) atoms. The standard InChI is InChI=1S/C18H26N6OS2/c1-13(27-18-20-21-22-24(18)15-9-5-6-10-15)16(25)23(17-19-11-12-26-17)14-7-3-2-4-8-14/h11-15H,2-10H2,1H3. The van der Waals surface area contributed by atoms with Crippen LogP contribution in [0.4, 0.5) is 5.13 Å². The number of amides is 1. The molecule has 0 saturated heterocycles. The molecular formula is C18H26N6OS2. The third kappa shape index (κ3) is 4.18. The van der Waals surface area contributed by atoms with Crippen LogP contribution in [0.1, 0.15) is 70.8 Å². The number of aromatic nitrogens is 5. The summed E-state index contributed by atoms with van der Waals surface area (Å²) in [6.07, 6.45) is 12.2. The van der Waals surface area contributed by atoms with Gasteiger partial charge in [-0.05, 0) is 43.0 Å². The predicted molar refractivity (Wildman–Crippen MR) is 107 cm³/mol. The average molecular weight is 407 g/mol. The highest BCUT2D eigenvalue weighted by Crippen LogP contribution is 2.35. The Labute approximate surface area is 167 Å². The molecule has 0 aromatic carbocycles. The number of carbonyl (C=O) groups is 1. The molecule has 2 aliphatic rings. The maximum Gasteiger partial charge on any atom is 0.242 e. The van der Waals surface area contributed by atoms with E-state index in [9.17, 15) is 4.79 Å². The third-order valence-electron chi connectivity index (χ3n) is 5.57. The molecule has 2 aliphatic carbocycles. The largest absolute Gasteiger partial charge is 0.284 e. The summed E-state index contributed by atoms with van der Waals surface area (Å²) in [6, 6.07) is 0.629. The maximum atomic E-state index is 13.4. The highest BCUT2D eigenvalue weighted by Gasteiger charge is 2.33. The fourth-order valence-corrected chi connectivity index (χ4v) is 5.78. The number of nitrogens with zero attached hydrogens (tertiary/aromatic N) is 6. The third-order valence-corrected chi connectivity index (χ3v) is 7.37. The van der Waals surface area contributed by atoms with Gasteiger partial charge in [0.15, 0.2) is 5.13 Å². The first-order chi connectivity index (χ1) is 13.2. The van der Waals surface area contributed by atoms with E-state index in [1.165, 1.54) is 43.9 Å². The highest BCUT2D eigenvalue weighted by atomic mass is 32.2. The van der Waals surface area contributed by atoms with Crippen molar-refractivity contribution in [2.75, 3.05) is 4.90 Å². The molecule has 2 saturated carbocycles. The van der Waals surface area contributed by atoms with Crippen LogP contribution in [-0.2, 0) is 4.79 Å². The van der Waals surface area contributed by atoms with Crippen LogP contribution in [-0.4, -0.2) is 42.4 Å². The lowest BCUT2D eigenvalue weighted by Gasteiger charge is -2.34. The number of carbonyl (C=O) groups excluding carboxylic acids is 1. The van der Waals surface area contributed by atoms with Gasteiger partial charge in [0.2, 0.25) is 11.1 Å². The van der Waals surface area contributed by atoms with Crippen molar-refractivity contribution in [3.8, 4) is 0 Å². The molecule has 1 amide bonds. The summed E-state index contributed by atoms with van der Waals surface area (Å²) in [7, 11) is 0. The van der Waals surface area contributed by atoms with Crippen LogP contribution in [0.5, 0.6) is 0 Å². The van der Waals surface area contributed by atoms with Crippen molar-refractivity contribution < 1.29 is 4.79 Å². The normalized spacial score (nSPS) is 20.0. The topological polar surface area (TPSA) is 76.8 Å². The number of hydrogen-bond donors (Lipinski definition) is 0. The first-order valence-corrected chi connectivity index (χ1v) is 11.7. The van der Waals surface area contributed by atoms with Crippen LogP contribution in [0.25, 0.3) is 0 Å². The van der Waals surface area contributed by atoms with E-state index in [-0.39, 0.29) is 17.2 Å². The molecule has 7 nitrogen and oxygen atoms in total. The van der Waals surface area contributed by atoms with Crippen molar-refractivity contribution in [3.63, 3.8) is 0 Å². The summed E-state index contributed by atoms with van der Waals surface area (Å²) in [5.74, 6) is 0.114. The van der Waals surface area contributed by atoms with Gasteiger partial charge in [0, 0.05) is 17.6 Å². The van der Waals surface area contributed by atoms with Crippen molar-refractivity contribution in [1.29, 1.82) is 0 Å². The van der Waals surface area contributed by atoms with Crippen LogP contribution >= 0.6 is 23.1 Å². The van der Waals surface area contributed by atoms with E-state index in [0.717, 1.165) is 36.0 Å². The van der Waals surface area contributed by atoms with E-state index in [1.807, 2.05) is 21.9 Å². The summed E-state index contributed by atoms with van der Waals surface area (Å²) >= 11 is 3.02. The number of rotatable bonds is 6. The molecular weight excluding hydrogens is 380 g/mol. The minimum atomic E-state index is -0.248. The van der Waals surface area contributed by atoms with Crippen molar-refractivity contribution in [2.24, 2.45) is 0 Å². The van der Waals surface area contributed by atoms with Gasteiger partial charge in [0.1, 0.15) is 0 Å². The second-order valence-electron chi connectivity index (χ2n) is 7.42. The molecule has 2 heterocycles. The Bertz CT molecular complexity index is 737. The molecule has 2 aromatic rings. The van der Waals surface area contributed by atoms with Crippen LogP contribution in [0, 0.1) is 0 Å². The van der Waals surface area contributed by atoms with Gasteiger partial charge in [-0.15, -0.1) is 16.4 Å². The molecule has 0 aliphatic heterocycles. The minimum absolute atomic E-state index is 0.114. The minimum Gasteiger partial charge on any atom is -0.284 e. The molecule has 4 rings (SSSR count). The van der Waals surface area contributed by atoms with Crippen LogP contribution in [0.2, 0.25) is 0 Å². The van der Waals surface area contributed by atoms with Crippen molar-refractivity contribution in [3.05, 3.63) is 11.6 Å². The quantitative estimate of drug-likeness (QED) is 0.673. The summed E-state index contributed by atoms with van der Waals surface area (Å²) in [4.78, 5) is 19.8. The first kappa shape index (κ1) is 18.9. The average Bonchev–Trinajstić information content (AvgIpc) is 3.45. The zero-order valence-electron chi connectivity index (χ0n) is 15.7. The Kier molecular flexibility index (Phi) is 6.07. The first-order valence-electron chi connectivity index (χ1n) is 9.91. The maximum absolute atomic E-state index is 13.4. The van der Waals surface area contributed by atoms with Crippen molar-refractivity contribution in [1.82, 2.24) is 25.2 Å². The molecule has 0 radical (unpaired) electrons. The molecule has 1 atom stereocenters. The van der Waals surface area contributed by atoms with Gasteiger partial charge in [-0.2, -0.15) is 0 Å². The highest BCUT2D eigenvalue weighted by molar-refractivity contribution is 8.00. The Hall–Kier alpha value is -1.48. The molecule has 146 valence electrons. The van der Waals surface area contributed by atoms with Crippen LogP contribution in [0.3, 0.4) is 0 Å². The van der Waals surface area contributed by atoms with E-state index in [2.05, 4.69) is 20.5 Å². The van der Waals surface area contributed by atoms with Gasteiger partial charge in [-0.25, -0.2) is 9.67 Å². The van der Waals surface area contributed by atoms with Gasteiger partial charge < -0.3 is 0 Å². The smallest absolute Gasteiger partial charge is 0.242 e. The Balaban J connectivity index is 1.50. The van der Waals surface area contributed by atoms with E-state index in [0.29, 0.717) is 6.04 Å². The fraction of sp³-hybridized carbons (Fsp3) is 0.722. The predicted octanol–water partition coefficient (Wildman–Crippen LogP) is 4.09. The summed E-state index contributed by atoms with van der Waals surface area (Å²) in [5, 5.41) is 15.5. The lowest BCUT2D eigenvalue weighted by Crippen LogP contribution is -2.45. The Morgan fingerprint density at radius 1 is 1.22 bits per heavy atom. The van der Waals surface area contributed by atoms with E-state index in [4.69, 9.17) is 0 Å². The van der Waals surface area contributed by atoms with E-state index in [1.54, 1.807) is 17.5 Å². The molecule has 0 bridgehead atoms. The van der Waals surface area contributed by atoms with Crippen LogP contribution in [0.15, 0.2) is 16.7 Å². The van der Waals surface area contributed by atoms with Crippen molar-refractivity contribution in [2.45, 2.75) is 87.2 Å². The number of hydrogen-bond acceptors (Lipinski definition) is 7. The van der Waals surface area contributed by atoms with Gasteiger partial charge in [0.05, 0.1) is 11.3 Å². The molecule has 2 fully saturated rings. The second-order valence-corrected chi connectivity index (χ2v) is 9.60. The van der Waals surface area contributed by atoms with E-state index < -0.39 is 0 Å². The van der Waals surface area contributed by atoms with Crippen molar-refractivity contribution >= 4 is 34.1 Å².